The minimum atomic E-state index is 0. The summed E-state index contributed by atoms with van der Waals surface area (Å²) < 4.78 is 8.14. The van der Waals surface area contributed by atoms with Gasteiger partial charge in [-0.15, -0.1) is 24.0 Å². The molecule has 134 valence electrons. The normalized spacial score (nSPS) is 30.6. The van der Waals surface area contributed by atoms with Crippen molar-refractivity contribution in [3.63, 3.8) is 0 Å². The fourth-order valence-corrected chi connectivity index (χ4v) is 5.10. The van der Waals surface area contributed by atoms with Gasteiger partial charge in [-0.25, -0.2) is 0 Å². The van der Waals surface area contributed by atoms with Crippen molar-refractivity contribution < 1.29 is 4.74 Å². The number of aliphatic imine (C=N–C) groups is 1. The highest BCUT2D eigenvalue weighted by Crippen LogP contribution is 2.60. The third-order valence-electron chi connectivity index (χ3n) is 6.16. The lowest BCUT2D eigenvalue weighted by atomic mass is 9.54. The Balaban J connectivity index is 0.00000169. The first kappa shape index (κ1) is 18.0. The molecule has 1 aromatic heterocycles. The number of aryl methyl sites for hydroxylation is 1. The molecule has 2 N–H and O–H groups in total. The van der Waals surface area contributed by atoms with Crippen molar-refractivity contribution >= 4 is 29.9 Å². The fraction of sp³-hybridized carbons (Fsp3) is 0.722. The van der Waals surface area contributed by atoms with E-state index in [1.54, 1.807) is 0 Å². The SMILES string of the molecule is CN=C(NCc1ccn(C)c1)NC1C2CCOC2C12CCCC2.I. The molecule has 0 amide bonds. The Morgan fingerprint density at radius 1 is 1.42 bits per heavy atom. The zero-order chi connectivity index (χ0) is 15.9. The third-order valence-corrected chi connectivity index (χ3v) is 6.16. The number of rotatable bonds is 3. The van der Waals surface area contributed by atoms with Gasteiger partial charge in [0.1, 0.15) is 0 Å². The number of hydrogen-bond donors (Lipinski definition) is 2. The predicted molar refractivity (Wildman–Crippen MR) is 107 cm³/mol. The van der Waals surface area contributed by atoms with E-state index in [-0.39, 0.29) is 24.0 Å². The average Bonchev–Trinajstić information content (AvgIpc) is 3.26. The van der Waals surface area contributed by atoms with Crippen molar-refractivity contribution in [2.45, 2.75) is 50.8 Å². The van der Waals surface area contributed by atoms with E-state index >= 15 is 0 Å². The molecule has 3 atom stereocenters. The summed E-state index contributed by atoms with van der Waals surface area (Å²) in [5, 5.41) is 7.21. The van der Waals surface area contributed by atoms with Gasteiger partial charge in [0.15, 0.2) is 5.96 Å². The van der Waals surface area contributed by atoms with Crippen LogP contribution in [0.25, 0.3) is 0 Å². The first-order valence-electron chi connectivity index (χ1n) is 8.92. The van der Waals surface area contributed by atoms with Crippen molar-refractivity contribution in [2.75, 3.05) is 13.7 Å². The standard InChI is InChI=1S/C18H28N4O.HI/c1-19-17(20-11-13-5-9-22(2)12-13)21-15-14-6-10-23-16(14)18(15)7-3-4-8-18;/h5,9,12,14-16H,3-4,6-8,10-11H2,1-2H3,(H2,19,20,21);1H. The van der Waals surface area contributed by atoms with Crippen molar-refractivity contribution in [1.29, 1.82) is 0 Å². The second kappa shape index (κ2) is 7.23. The number of aromatic nitrogens is 1. The van der Waals surface area contributed by atoms with Gasteiger partial charge in [0, 0.05) is 57.0 Å². The number of nitrogens with one attached hydrogen (secondary N) is 2. The molecule has 4 rings (SSSR count). The summed E-state index contributed by atoms with van der Waals surface area (Å²) in [5.41, 5.74) is 1.65. The van der Waals surface area contributed by atoms with Crippen LogP contribution in [0.3, 0.4) is 0 Å². The second-order valence-electron chi connectivity index (χ2n) is 7.42. The van der Waals surface area contributed by atoms with Gasteiger partial charge in [0.05, 0.1) is 6.10 Å². The molecule has 0 aromatic carbocycles. The Morgan fingerprint density at radius 2 is 2.21 bits per heavy atom. The number of halogens is 1. The highest BCUT2D eigenvalue weighted by Gasteiger charge is 2.65. The molecule has 5 nitrogen and oxygen atoms in total. The van der Waals surface area contributed by atoms with E-state index in [1.165, 1.54) is 37.7 Å². The van der Waals surface area contributed by atoms with Gasteiger partial charge in [-0.3, -0.25) is 4.99 Å². The van der Waals surface area contributed by atoms with Crippen LogP contribution in [0.5, 0.6) is 0 Å². The lowest BCUT2D eigenvalue weighted by molar-refractivity contribution is -0.125. The summed E-state index contributed by atoms with van der Waals surface area (Å²) in [6, 6.07) is 2.67. The van der Waals surface area contributed by atoms with Gasteiger partial charge in [-0.2, -0.15) is 0 Å². The molecule has 1 aliphatic heterocycles. The van der Waals surface area contributed by atoms with Gasteiger partial charge in [-0.1, -0.05) is 12.8 Å². The predicted octanol–water partition coefficient (Wildman–Crippen LogP) is 2.66. The Bertz CT molecular complexity index is 594. The summed E-state index contributed by atoms with van der Waals surface area (Å²) in [7, 11) is 3.91. The van der Waals surface area contributed by atoms with Crippen LogP contribution in [-0.4, -0.2) is 36.3 Å². The summed E-state index contributed by atoms with van der Waals surface area (Å²) in [5.74, 6) is 1.60. The fourth-order valence-electron chi connectivity index (χ4n) is 5.10. The summed E-state index contributed by atoms with van der Waals surface area (Å²) in [6.45, 7) is 1.75. The molecule has 2 aliphatic carbocycles. The van der Waals surface area contributed by atoms with Crippen LogP contribution >= 0.6 is 24.0 Å². The molecule has 24 heavy (non-hydrogen) atoms. The third kappa shape index (κ3) is 2.96. The van der Waals surface area contributed by atoms with Crippen LogP contribution in [0.2, 0.25) is 0 Å². The van der Waals surface area contributed by atoms with E-state index in [4.69, 9.17) is 4.74 Å². The number of fused-ring (bicyclic) bond motifs is 2. The molecule has 2 saturated carbocycles. The van der Waals surface area contributed by atoms with Crippen LogP contribution in [0.1, 0.15) is 37.7 Å². The van der Waals surface area contributed by atoms with Crippen molar-refractivity contribution in [1.82, 2.24) is 15.2 Å². The van der Waals surface area contributed by atoms with Gasteiger partial charge in [-0.05, 0) is 30.9 Å². The van der Waals surface area contributed by atoms with Crippen LogP contribution in [0.4, 0.5) is 0 Å². The maximum atomic E-state index is 6.06. The smallest absolute Gasteiger partial charge is 0.191 e. The van der Waals surface area contributed by atoms with Gasteiger partial charge in [0.2, 0.25) is 0 Å². The first-order chi connectivity index (χ1) is 11.2. The molecule has 2 heterocycles. The highest BCUT2D eigenvalue weighted by molar-refractivity contribution is 14.0. The van der Waals surface area contributed by atoms with Crippen molar-refractivity contribution in [3.05, 3.63) is 24.0 Å². The Labute approximate surface area is 161 Å². The molecule has 0 radical (unpaired) electrons. The van der Waals surface area contributed by atoms with Crippen LogP contribution < -0.4 is 10.6 Å². The summed E-state index contributed by atoms with van der Waals surface area (Å²) >= 11 is 0. The zero-order valence-corrected chi connectivity index (χ0v) is 17.0. The number of guanidine groups is 1. The lowest BCUT2D eigenvalue weighted by Crippen LogP contribution is -2.69. The van der Waals surface area contributed by atoms with Crippen LogP contribution in [0.15, 0.2) is 23.5 Å². The molecule has 1 spiro atoms. The van der Waals surface area contributed by atoms with Crippen LogP contribution in [-0.2, 0) is 18.3 Å². The van der Waals surface area contributed by atoms with E-state index in [1.807, 2.05) is 7.05 Å². The molecule has 1 saturated heterocycles. The zero-order valence-electron chi connectivity index (χ0n) is 14.6. The quantitative estimate of drug-likeness (QED) is 0.428. The maximum Gasteiger partial charge on any atom is 0.191 e. The minimum Gasteiger partial charge on any atom is -0.377 e. The highest BCUT2D eigenvalue weighted by atomic mass is 127. The minimum absolute atomic E-state index is 0. The molecular formula is C18H29IN4O. The van der Waals surface area contributed by atoms with Crippen molar-refractivity contribution in [2.24, 2.45) is 23.4 Å². The number of ether oxygens (including phenoxy) is 1. The average molecular weight is 444 g/mol. The monoisotopic (exact) mass is 444 g/mol. The van der Waals surface area contributed by atoms with Crippen molar-refractivity contribution in [3.8, 4) is 0 Å². The Morgan fingerprint density at radius 3 is 2.88 bits per heavy atom. The summed E-state index contributed by atoms with van der Waals surface area (Å²) in [4.78, 5) is 4.45. The van der Waals surface area contributed by atoms with Gasteiger partial charge in [0.25, 0.3) is 0 Å². The first-order valence-corrected chi connectivity index (χ1v) is 8.92. The van der Waals surface area contributed by atoms with Gasteiger partial charge >= 0.3 is 0 Å². The topological polar surface area (TPSA) is 50.6 Å². The number of hydrogen-bond acceptors (Lipinski definition) is 2. The maximum absolute atomic E-state index is 6.06. The Kier molecular flexibility index (Phi) is 5.44. The molecule has 1 aromatic rings. The van der Waals surface area contributed by atoms with E-state index in [0.29, 0.717) is 23.5 Å². The van der Waals surface area contributed by atoms with Gasteiger partial charge < -0.3 is 19.9 Å². The molecule has 3 fully saturated rings. The molecule has 3 unspecified atom stereocenters. The Hall–Kier alpha value is -0.760. The van der Waals surface area contributed by atoms with E-state index in [2.05, 4.69) is 45.7 Å². The second-order valence-corrected chi connectivity index (χ2v) is 7.42. The summed E-state index contributed by atoms with van der Waals surface area (Å²) in [6.07, 6.45) is 11.2. The van der Waals surface area contributed by atoms with E-state index < -0.39 is 0 Å². The van der Waals surface area contributed by atoms with Crippen LogP contribution in [0, 0.1) is 11.3 Å². The molecule has 6 heteroatoms. The lowest BCUT2D eigenvalue weighted by Gasteiger charge is -2.57. The van der Waals surface area contributed by atoms with E-state index in [0.717, 1.165) is 19.1 Å². The molecular weight excluding hydrogens is 415 g/mol. The molecule has 0 bridgehead atoms. The van der Waals surface area contributed by atoms with E-state index in [9.17, 15) is 0 Å². The molecule has 3 aliphatic rings. The largest absolute Gasteiger partial charge is 0.377 e. The number of nitrogens with zero attached hydrogens (tertiary/aromatic N) is 2.